The zero-order chi connectivity index (χ0) is 32.0. The molecule has 3 atom stereocenters. The molecule has 3 aliphatic rings. The first-order valence-corrected chi connectivity index (χ1v) is 16.9. The number of nitrogens with zero attached hydrogens (tertiary/aromatic N) is 8. The molecule has 7 heterocycles. The number of pyridine rings is 2. The average Bonchev–Trinajstić information content (AvgIpc) is 3.87. The van der Waals surface area contributed by atoms with Gasteiger partial charge in [-0.25, -0.2) is 9.97 Å². The Morgan fingerprint density at radius 3 is 2.02 bits per heavy atom. The standard InChI is InChI=1S/C30H26Cl2N8O4S2/c31-23-7-5-19(15-34-23)17-36-11-12-38-27(22-4-2-14-46-22)30(40(43)44,25(21-3-1-13-45-21)26(28(36)38)39(41)42)29-33-9-10-37(29)18-20-6-8-24(32)35-16-20/h1-8,13-16,25,27H,9-12,17-18H2/t25-,27+,30-/m0/s1. The fourth-order valence-electron chi connectivity index (χ4n) is 6.88. The highest BCUT2D eigenvalue weighted by Crippen LogP contribution is 2.58. The van der Waals surface area contributed by atoms with Gasteiger partial charge in [0.1, 0.15) is 16.3 Å². The Morgan fingerprint density at radius 1 is 0.848 bits per heavy atom. The quantitative estimate of drug-likeness (QED) is 0.118. The van der Waals surface area contributed by atoms with Crippen LogP contribution in [0.1, 0.15) is 32.8 Å². The summed E-state index contributed by atoms with van der Waals surface area (Å²) in [6.07, 6.45) is 3.28. The van der Waals surface area contributed by atoms with E-state index in [1.54, 1.807) is 42.0 Å². The summed E-state index contributed by atoms with van der Waals surface area (Å²) in [5.74, 6) is -0.647. The number of thiophene rings is 2. The lowest BCUT2D eigenvalue weighted by atomic mass is 9.70. The Bertz CT molecular complexity index is 1820. The fourth-order valence-corrected chi connectivity index (χ4v) is 8.91. The third kappa shape index (κ3) is 5.09. The minimum absolute atomic E-state index is 0.214. The zero-order valence-corrected chi connectivity index (χ0v) is 27.3. The van der Waals surface area contributed by atoms with E-state index in [9.17, 15) is 20.2 Å². The summed E-state index contributed by atoms with van der Waals surface area (Å²) >= 11 is 14.7. The number of aromatic nitrogens is 2. The number of halogens is 2. The van der Waals surface area contributed by atoms with Crippen molar-refractivity contribution in [1.29, 1.82) is 0 Å². The molecule has 0 N–H and O–H groups in total. The molecule has 236 valence electrons. The molecule has 46 heavy (non-hydrogen) atoms. The van der Waals surface area contributed by atoms with Gasteiger partial charge in [0.15, 0.2) is 17.6 Å². The fraction of sp³-hybridized carbons (Fsp3) is 0.300. The van der Waals surface area contributed by atoms with Gasteiger partial charge in [-0.15, -0.1) is 22.7 Å². The van der Waals surface area contributed by atoms with Gasteiger partial charge in [0, 0.05) is 59.8 Å². The summed E-state index contributed by atoms with van der Waals surface area (Å²) in [5.41, 5.74) is -0.635. The maximum atomic E-state index is 14.0. The van der Waals surface area contributed by atoms with Crippen LogP contribution < -0.4 is 0 Å². The molecule has 16 heteroatoms. The minimum atomic E-state index is -2.03. The first-order valence-electron chi connectivity index (χ1n) is 14.4. The molecule has 4 aromatic rings. The molecule has 0 spiro atoms. The van der Waals surface area contributed by atoms with Crippen molar-refractivity contribution in [3.05, 3.63) is 135 Å². The molecular weight excluding hydrogens is 671 g/mol. The predicted octanol–water partition coefficient (Wildman–Crippen LogP) is 5.94. The summed E-state index contributed by atoms with van der Waals surface area (Å²) in [7, 11) is 0. The largest absolute Gasteiger partial charge is 0.348 e. The molecule has 0 amide bonds. The maximum Gasteiger partial charge on any atom is 0.320 e. The molecule has 1 saturated heterocycles. The van der Waals surface area contributed by atoms with Gasteiger partial charge in [-0.05, 0) is 46.2 Å². The van der Waals surface area contributed by atoms with E-state index in [2.05, 4.69) is 9.97 Å². The second kappa shape index (κ2) is 12.2. The van der Waals surface area contributed by atoms with E-state index in [0.29, 0.717) is 53.7 Å². The van der Waals surface area contributed by atoms with Crippen molar-refractivity contribution >= 4 is 51.7 Å². The third-order valence-corrected chi connectivity index (χ3v) is 10.9. The second-order valence-corrected chi connectivity index (χ2v) is 13.9. The number of aliphatic imine (C=N–C) groups is 1. The smallest absolute Gasteiger partial charge is 0.320 e. The maximum absolute atomic E-state index is 14.0. The third-order valence-electron chi connectivity index (χ3n) is 8.61. The van der Waals surface area contributed by atoms with E-state index < -0.39 is 22.4 Å². The van der Waals surface area contributed by atoms with Gasteiger partial charge in [-0.3, -0.25) is 25.2 Å². The molecule has 0 aromatic carbocycles. The van der Waals surface area contributed by atoms with Gasteiger partial charge in [0.05, 0.1) is 11.5 Å². The highest BCUT2D eigenvalue weighted by atomic mass is 35.5. The summed E-state index contributed by atoms with van der Waals surface area (Å²) < 4.78 is 0. The Balaban J connectivity index is 1.46. The van der Waals surface area contributed by atoms with Gasteiger partial charge in [0.2, 0.25) is 0 Å². The number of nitro groups is 2. The Kier molecular flexibility index (Phi) is 8.13. The van der Waals surface area contributed by atoms with Gasteiger partial charge >= 0.3 is 11.2 Å². The SMILES string of the molecule is O=[N+]([O-])C1=C2N(Cc3ccc(Cl)nc3)CCN2[C@H](c2cccs2)[C@@](C2=NCCN2Cc2ccc(Cl)nc2)([N+](=O)[O-])[C@H]1c1cccs1. The van der Waals surface area contributed by atoms with Crippen LogP contribution in [-0.2, 0) is 13.1 Å². The van der Waals surface area contributed by atoms with Gasteiger partial charge in [-0.2, -0.15) is 0 Å². The number of rotatable bonds is 9. The first-order chi connectivity index (χ1) is 22.3. The number of fused-ring (bicyclic) bond motifs is 1. The van der Waals surface area contributed by atoms with Gasteiger partial charge < -0.3 is 14.7 Å². The van der Waals surface area contributed by atoms with E-state index in [4.69, 9.17) is 28.2 Å². The lowest BCUT2D eigenvalue weighted by molar-refractivity contribution is -0.572. The van der Waals surface area contributed by atoms with Crippen molar-refractivity contribution in [2.24, 2.45) is 4.99 Å². The summed E-state index contributed by atoms with van der Waals surface area (Å²) in [6.45, 7) is 2.12. The first kappa shape index (κ1) is 30.5. The van der Waals surface area contributed by atoms with E-state index in [1.807, 2.05) is 44.3 Å². The van der Waals surface area contributed by atoms with Crippen LogP contribution in [0, 0.1) is 20.2 Å². The lowest BCUT2D eigenvalue weighted by Crippen LogP contribution is -2.65. The molecule has 0 unspecified atom stereocenters. The van der Waals surface area contributed by atoms with Crippen molar-refractivity contribution < 1.29 is 9.85 Å². The number of hydrogen-bond donors (Lipinski definition) is 0. The molecule has 0 radical (unpaired) electrons. The van der Waals surface area contributed by atoms with Crippen LogP contribution in [0.15, 0.2) is 88.2 Å². The van der Waals surface area contributed by atoms with Crippen molar-refractivity contribution in [2.45, 2.75) is 30.6 Å². The Hall–Kier alpha value is -4.11. The number of amidine groups is 1. The Labute approximate surface area is 281 Å². The summed E-state index contributed by atoms with van der Waals surface area (Å²) in [6, 6.07) is 13.4. The average molecular weight is 698 g/mol. The molecule has 0 bridgehead atoms. The topological polar surface area (TPSA) is 134 Å². The van der Waals surface area contributed by atoms with E-state index in [-0.39, 0.29) is 23.0 Å². The van der Waals surface area contributed by atoms with Crippen LogP contribution in [0.4, 0.5) is 0 Å². The highest BCUT2D eigenvalue weighted by molar-refractivity contribution is 7.10. The van der Waals surface area contributed by atoms with Crippen molar-refractivity contribution in [3.8, 4) is 0 Å². The Morgan fingerprint density at radius 2 is 1.48 bits per heavy atom. The number of hydrogen-bond acceptors (Lipinski definition) is 12. The monoisotopic (exact) mass is 696 g/mol. The van der Waals surface area contributed by atoms with Crippen LogP contribution in [0.2, 0.25) is 10.3 Å². The van der Waals surface area contributed by atoms with Crippen LogP contribution >= 0.6 is 45.9 Å². The molecule has 1 fully saturated rings. The van der Waals surface area contributed by atoms with Crippen LogP contribution in [0.25, 0.3) is 0 Å². The van der Waals surface area contributed by atoms with Crippen LogP contribution in [-0.4, -0.2) is 72.1 Å². The van der Waals surface area contributed by atoms with Crippen LogP contribution in [0.3, 0.4) is 0 Å². The predicted molar refractivity (Wildman–Crippen MR) is 176 cm³/mol. The minimum Gasteiger partial charge on any atom is -0.348 e. The molecule has 7 rings (SSSR count). The molecule has 0 saturated carbocycles. The van der Waals surface area contributed by atoms with Gasteiger partial charge in [-0.1, -0.05) is 47.5 Å². The van der Waals surface area contributed by atoms with E-state index in [1.165, 1.54) is 22.7 Å². The zero-order valence-electron chi connectivity index (χ0n) is 24.1. The van der Waals surface area contributed by atoms with Crippen molar-refractivity contribution in [1.82, 2.24) is 24.7 Å². The normalized spacial score (nSPS) is 22.7. The molecule has 3 aliphatic heterocycles. The van der Waals surface area contributed by atoms with Crippen molar-refractivity contribution in [2.75, 3.05) is 26.2 Å². The second-order valence-electron chi connectivity index (χ2n) is 11.1. The van der Waals surface area contributed by atoms with E-state index >= 15 is 0 Å². The highest BCUT2D eigenvalue weighted by Gasteiger charge is 2.74. The molecular formula is C30H26Cl2N8O4S2. The summed E-state index contributed by atoms with van der Waals surface area (Å²) in [4.78, 5) is 46.8. The van der Waals surface area contributed by atoms with Crippen LogP contribution in [0.5, 0.6) is 0 Å². The lowest BCUT2D eigenvalue weighted by Gasteiger charge is -2.47. The van der Waals surface area contributed by atoms with Gasteiger partial charge in [0.25, 0.3) is 0 Å². The molecule has 12 nitrogen and oxygen atoms in total. The molecule has 0 aliphatic carbocycles. The van der Waals surface area contributed by atoms with E-state index in [0.717, 1.165) is 16.0 Å². The van der Waals surface area contributed by atoms with Crippen molar-refractivity contribution in [3.63, 3.8) is 0 Å². The molecule has 4 aromatic heterocycles. The summed E-state index contributed by atoms with van der Waals surface area (Å²) in [5, 5.41) is 31.8.